The molecule has 0 fully saturated rings. The van der Waals surface area contributed by atoms with Crippen molar-refractivity contribution in [1.82, 2.24) is 14.4 Å². The molecule has 26 heavy (non-hydrogen) atoms. The highest BCUT2D eigenvalue weighted by molar-refractivity contribution is 9.10. The summed E-state index contributed by atoms with van der Waals surface area (Å²) < 4.78 is 2.37. The standard InChI is InChI=1S/C19H12BrN5O/c1-11-13(9-21)18-24-15-4-2-3-5-16(15)25(18)19(26)14(11)10-23-17-8-12(20)6-7-22-17/h2-8,10,24H,1H3. The molecule has 0 atom stereocenters. The lowest BCUT2D eigenvalue weighted by molar-refractivity contribution is 1.12. The number of rotatable bonds is 2. The maximum Gasteiger partial charge on any atom is 0.265 e. The first kappa shape index (κ1) is 16.2. The molecule has 0 radical (unpaired) electrons. The van der Waals surface area contributed by atoms with Crippen LogP contribution in [0.2, 0.25) is 0 Å². The van der Waals surface area contributed by atoms with Crippen LogP contribution in [0.5, 0.6) is 0 Å². The number of hydrogen-bond acceptors (Lipinski definition) is 4. The van der Waals surface area contributed by atoms with E-state index in [2.05, 4.69) is 37.0 Å². The number of hydrogen-bond donors (Lipinski definition) is 1. The Morgan fingerprint density at radius 3 is 2.92 bits per heavy atom. The summed E-state index contributed by atoms with van der Waals surface area (Å²) in [6.45, 7) is 1.75. The Bertz CT molecular complexity index is 1290. The zero-order valence-electron chi connectivity index (χ0n) is 13.7. The van der Waals surface area contributed by atoms with Crippen LogP contribution in [0, 0.1) is 18.3 Å². The van der Waals surface area contributed by atoms with E-state index in [0.717, 1.165) is 15.5 Å². The summed E-state index contributed by atoms with van der Waals surface area (Å²) in [4.78, 5) is 24.7. The van der Waals surface area contributed by atoms with Crippen molar-refractivity contribution in [2.45, 2.75) is 6.92 Å². The number of para-hydroxylation sites is 2. The third kappa shape index (κ3) is 2.52. The highest BCUT2D eigenvalue weighted by Gasteiger charge is 2.17. The molecule has 0 aliphatic rings. The first-order chi connectivity index (χ1) is 12.6. The molecule has 7 heteroatoms. The largest absolute Gasteiger partial charge is 0.338 e. The molecule has 6 nitrogen and oxygen atoms in total. The summed E-state index contributed by atoms with van der Waals surface area (Å²) in [7, 11) is 0. The molecule has 0 spiro atoms. The van der Waals surface area contributed by atoms with Crippen molar-refractivity contribution < 1.29 is 0 Å². The zero-order valence-corrected chi connectivity index (χ0v) is 15.3. The molecular formula is C19H12BrN5O. The van der Waals surface area contributed by atoms with Crippen LogP contribution in [0.25, 0.3) is 16.7 Å². The Morgan fingerprint density at radius 1 is 1.35 bits per heavy atom. The minimum absolute atomic E-state index is 0.229. The van der Waals surface area contributed by atoms with Gasteiger partial charge in [-0.05, 0) is 36.8 Å². The average Bonchev–Trinajstić information content (AvgIpc) is 3.01. The second-order valence-electron chi connectivity index (χ2n) is 5.75. The van der Waals surface area contributed by atoms with Gasteiger partial charge in [-0.25, -0.2) is 9.98 Å². The van der Waals surface area contributed by atoms with Gasteiger partial charge in [0.05, 0.1) is 22.2 Å². The Morgan fingerprint density at radius 2 is 2.15 bits per heavy atom. The van der Waals surface area contributed by atoms with E-state index in [1.807, 2.05) is 24.3 Å². The first-order valence-corrected chi connectivity index (χ1v) is 8.61. The van der Waals surface area contributed by atoms with Crippen LogP contribution in [0.4, 0.5) is 5.82 Å². The van der Waals surface area contributed by atoms with Crippen molar-refractivity contribution in [3.63, 3.8) is 0 Å². The average molecular weight is 406 g/mol. The molecule has 0 aliphatic heterocycles. The fourth-order valence-electron chi connectivity index (χ4n) is 2.94. The molecule has 3 aromatic heterocycles. The van der Waals surface area contributed by atoms with Crippen LogP contribution in [-0.4, -0.2) is 20.6 Å². The van der Waals surface area contributed by atoms with Crippen molar-refractivity contribution in [2.24, 2.45) is 4.99 Å². The fourth-order valence-corrected chi connectivity index (χ4v) is 3.26. The summed E-state index contributed by atoms with van der Waals surface area (Å²) in [5.41, 5.74) is 3.15. The lowest BCUT2D eigenvalue weighted by atomic mass is 10.1. The first-order valence-electron chi connectivity index (χ1n) is 7.82. The van der Waals surface area contributed by atoms with Crippen LogP contribution in [0.1, 0.15) is 16.7 Å². The van der Waals surface area contributed by atoms with E-state index in [0.29, 0.717) is 28.2 Å². The van der Waals surface area contributed by atoms with Gasteiger partial charge in [-0.2, -0.15) is 5.26 Å². The van der Waals surface area contributed by atoms with E-state index < -0.39 is 0 Å². The van der Waals surface area contributed by atoms with Crippen molar-refractivity contribution in [3.05, 3.63) is 74.1 Å². The van der Waals surface area contributed by atoms with Gasteiger partial charge in [0.25, 0.3) is 5.56 Å². The van der Waals surface area contributed by atoms with Gasteiger partial charge in [-0.1, -0.05) is 28.1 Å². The van der Waals surface area contributed by atoms with Crippen LogP contribution < -0.4 is 5.56 Å². The lowest BCUT2D eigenvalue weighted by Crippen LogP contribution is -2.20. The zero-order chi connectivity index (χ0) is 18.3. The number of fused-ring (bicyclic) bond motifs is 3. The number of aromatic amines is 1. The van der Waals surface area contributed by atoms with Gasteiger partial charge in [0.15, 0.2) is 5.82 Å². The number of imidazole rings is 1. The Hall–Kier alpha value is -3.24. The molecule has 126 valence electrons. The van der Waals surface area contributed by atoms with Crippen molar-refractivity contribution in [3.8, 4) is 6.07 Å². The number of aromatic nitrogens is 3. The Labute approximate surface area is 156 Å². The summed E-state index contributed by atoms with van der Waals surface area (Å²) in [5.74, 6) is 0.473. The maximum absolute atomic E-state index is 13.1. The predicted molar refractivity (Wildman–Crippen MR) is 104 cm³/mol. The molecule has 4 rings (SSSR count). The third-order valence-electron chi connectivity index (χ3n) is 4.22. The molecule has 1 aromatic carbocycles. The van der Waals surface area contributed by atoms with E-state index in [-0.39, 0.29) is 5.56 Å². The highest BCUT2D eigenvalue weighted by Crippen LogP contribution is 2.21. The van der Waals surface area contributed by atoms with E-state index in [9.17, 15) is 10.1 Å². The number of nitrogens with one attached hydrogen (secondary N) is 1. The molecule has 0 aliphatic carbocycles. The number of benzene rings is 1. The minimum atomic E-state index is -0.229. The normalized spacial score (nSPS) is 11.4. The van der Waals surface area contributed by atoms with Crippen LogP contribution in [-0.2, 0) is 0 Å². The molecule has 1 N–H and O–H groups in total. The number of halogens is 1. The minimum Gasteiger partial charge on any atom is -0.338 e. The number of H-pyrrole nitrogens is 1. The fraction of sp³-hybridized carbons (Fsp3) is 0.0526. The van der Waals surface area contributed by atoms with Crippen LogP contribution >= 0.6 is 15.9 Å². The highest BCUT2D eigenvalue weighted by atomic mass is 79.9. The molecule has 3 heterocycles. The summed E-state index contributed by atoms with van der Waals surface area (Å²) in [5, 5.41) is 9.63. The van der Waals surface area contributed by atoms with E-state index >= 15 is 0 Å². The molecule has 4 aromatic rings. The molecule has 0 unspecified atom stereocenters. The van der Waals surface area contributed by atoms with Gasteiger partial charge in [-0.3, -0.25) is 9.20 Å². The number of aliphatic imine (C=N–C) groups is 1. The monoisotopic (exact) mass is 405 g/mol. The van der Waals surface area contributed by atoms with Crippen LogP contribution in [0.3, 0.4) is 0 Å². The van der Waals surface area contributed by atoms with Crippen molar-refractivity contribution >= 4 is 44.6 Å². The SMILES string of the molecule is Cc1c(C=Nc2cc(Br)ccn2)c(=O)n2c([nH]c3ccccc32)c1C#N. The summed E-state index contributed by atoms with van der Waals surface area (Å²) in [6.07, 6.45) is 3.10. The Balaban J connectivity index is 2.02. The third-order valence-corrected chi connectivity index (χ3v) is 4.71. The van der Waals surface area contributed by atoms with Crippen molar-refractivity contribution in [1.29, 1.82) is 5.26 Å². The lowest BCUT2D eigenvalue weighted by Gasteiger charge is -2.05. The quantitative estimate of drug-likeness (QED) is 0.513. The molecule has 0 amide bonds. The van der Waals surface area contributed by atoms with E-state index in [4.69, 9.17) is 0 Å². The van der Waals surface area contributed by atoms with Gasteiger partial charge in [-0.15, -0.1) is 0 Å². The molecule has 0 bridgehead atoms. The molecule has 0 saturated carbocycles. The van der Waals surface area contributed by atoms with Gasteiger partial charge in [0.2, 0.25) is 0 Å². The topological polar surface area (TPSA) is 86.3 Å². The van der Waals surface area contributed by atoms with E-state index in [1.165, 1.54) is 10.6 Å². The predicted octanol–water partition coefficient (Wildman–Crippen LogP) is 3.87. The Kier molecular flexibility index (Phi) is 3.90. The number of nitriles is 1. The van der Waals surface area contributed by atoms with Gasteiger partial charge < -0.3 is 4.98 Å². The van der Waals surface area contributed by atoms with Gasteiger partial charge >= 0.3 is 0 Å². The van der Waals surface area contributed by atoms with Crippen LogP contribution in [0.15, 0.2) is 56.9 Å². The number of pyridine rings is 2. The number of nitrogens with zero attached hydrogens (tertiary/aromatic N) is 4. The van der Waals surface area contributed by atoms with Gasteiger partial charge in [0.1, 0.15) is 11.7 Å². The second-order valence-corrected chi connectivity index (χ2v) is 6.66. The van der Waals surface area contributed by atoms with Gasteiger partial charge in [0, 0.05) is 16.9 Å². The van der Waals surface area contributed by atoms with Crippen molar-refractivity contribution in [2.75, 3.05) is 0 Å². The summed E-state index contributed by atoms with van der Waals surface area (Å²) >= 11 is 3.37. The molecule has 0 saturated heterocycles. The van der Waals surface area contributed by atoms with E-state index in [1.54, 1.807) is 25.3 Å². The smallest absolute Gasteiger partial charge is 0.265 e. The molecular weight excluding hydrogens is 394 g/mol. The summed E-state index contributed by atoms with van der Waals surface area (Å²) in [6, 6.07) is 13.2. The second kappa shape index (κ2) is 6.24. The maximum atomic E-state index is 13.1.